The van der Waals surface area contributed by atoms with Crippen molar-refractivity contribution in [2.75, 3.05) is 10.6 Å². The lowest BCUT2D eigenvalue weighted by Gasteiger charge is -2.18. The van der Waals surface area contributed by atoms with Gasteiger partial charge in [-0.1, -0.05) is 20.8 Å². The first-order valence-electron chi connectivity index (χ1n) is 5.59. The molecule has 1 aromatic rings. The number of anilines is 2. The molecule has 98 valence electrons. The number of benzene rings is 1. The van der Waals surface area contributed by atoms with E-state index in [9.17, 15) is 14.0 Å². The summed E-state index contributed by atoms with van der Waals surface area (Å²) < 4.78 is 13.4. The van der Waals surface area contributed by atoms with Crippen molar-refractivity contribution in [3.8, 4) is 0 Å². The van der Waals surface area contributed by atoms with Gasteiger partial charge in [-0.3, -0.25) is 9.59 Å². The predicted octanol–water partition coefficient (Wildman–Crippen LogP) is 2.77. The van der Waals surface area contributed by atoms with Crippen molar-refractivity contribution in [2.24, 2.45) is 5.41 Å². The number of carbonyl (C=O) groups excluding carboxylic acids is 2. The van der Waals surface area contributed by atoms with Gasteiger partial charge in [-0.25, -0.2) is 4.39 Å². The summed E-state index contributed by atoms with van der Waals surface area (Å²) in [5.41, 5.74) is -0.0444. The molecule has 0 unspecified atom stereocenters. The minimum Gasteiger partial charge on any atom is -0.326 e. The third kappa shape index (κ3) is 3.84. The Morgan fingerprint density at radius 2 is 1.78 bits per heavy atom. The van der Waals surface area contributed by atoms with Crippen LogP contribution in [0.3, 0.4) is 0 Å². The highest BCUT2D eigenvalue weighted by atomic mass is 19.1. The molecule has 0 bridgehead atoms. The quantitative estimate of drug-likeness (QED) is 0.850. The van der Waals surface area contributed by atoms with E-state index in [1.807, 2.05) is 0 Å². The molecule has 0 fully saturated rings. The Balaban J connectivity index is 2.92. The van der Waals surface area contributed by atoms with Gasteiger partial charge in [-0.15, -0.1) is 0 Å². The molecule has 0 atom stereocenters. The van der Waals surface area contributed by atoms with E-state index in [1.54, 1.807) is 20.8 Å². The Kier molecular flexibility index (Phi) is 4.06. The maximum Gasteiger partial charge on any atom is 0.229 e. The standard InChI is InChI=1S/C13H17FN2O2/c1-8(17)15-11-7-9(5-6-10(11)14)16-12(18)13(2,3)4/h5-7H,1-4H3,(H,15,17)(H,16,18). The molecule has 1 rings (SSSR count). The molecular weight excluding hydrogens is 235 g/mol. The van der Waals surface area contributed by atoms with Crippen LogP contribution in [0.5, 0.6) is 0 Å². The van der Waals surface area contributed by atoms with E-state index in [0.29, 0.717) is 5.69 Å². The Hall–Kier alpha value is -1.91. The molecule has 1 aromatic carbocycles. The number of carbonyl (C=O) groups is 2. The monoisotopic (exact) mass is 252 g/mol. The average Bonchev–Trinajstić information content (AvgIpc) is 2.20. The second-order valence-electron chi connectivity index (χ2n) is 5.08. The number of halogens is 1. The van der Waals surface area contributed by atoms with Crippen molar-refractivity contribution in [1.29, 1.82) is 0 Å². The molecule has 0 radical (unpaired) electrons. The lowest BCUT2D eigenvalue weighted by molar-refractivity contribution is -0.123. The highest BCUT2D eigenvalue weighted by Gasteiger charge is 2.21. The van der Waals surface area contributed by atoms with Gasteiger partial charge in [0.1, 0.15) is 5.82 Å². The third-order valence-corrected chi connectivity index (χ3v) is 2.22. The van der Waals surface area contributed by atoms with E-state index in [-0.39, 0.29) is 17.5 Å². The molecule has 5 heteroatoms. The number of hydrogen-bond acceptors (Lipinski definition) is 2. The number of rotatable bonds is 2. The molecule has 0 aromatic heterocycles. The predicted molar refractivity (Wildman–Crippen MR) is 68.8 cm³/mol. The molecule has 2 amide bonds. The van der Waals surface area contributed by atoms with Crippen LogP contribution in [0.2, 0.25) is 0 Å². The van der Waals surface area contributed by atoms with Gasteiger partial charge in [0.2, 0.25) is 11.8 Å². The minimum absolute atomic E-state index is 0.0502. The molecule has 0 saturated carbocycles. The Labute approximate surface area is 106 Å². The molecule has 0 aliphatic rings. The zero-order chi connectivity index (χ0) is 13.9. The topological polar surface area (TPSA) is 58.2 Å². The second-order valence-corrected chi connectivity index (χ2v) is 5.08. The highest BCUT2D eigenvalue weighted by Crippen LogP contribution is 2.22. The molecule has 0 aliphatic heterocycles. The second kappa shape index (κ2) is 5.16. The summed E-state index contributed by atoms with van der Waals surface area (Å²) in [5.74, 6) is -1.09. The molecule has 0 spiro atoms. The zero-order valence-electron chi connectivity index (χ0n) is 10.9. The summed E-state index contributed by atoms with van der Waals surface area (Å²) >= 11 is 0. The first kappa shape index (κ1) is 14.2. The smallest absolute Gasteiger partial charge is 0.229 e. The van der Waals surface area contributed by atoms with Gasteiger partial charge in [0, 0.05) is 18.0 Å². The maximum atomic E-state index is 13.4. The fourth-order valence-electron chi connectivity index (χ4n) is 1.21. The van der Waals surface area contributed by atoms with E-state index >= 15 is 0 Å². The van der Waals surface area contributed by atoms with Crippen LogP contribution in [-0.4, -0.2) is 11.8 Å². The number of amides is 2. The van der Waals surface area contributed by atoms with Crippen LogP contribution in [-0.2, 0) is 9.59 Å². The van der Waals surface area contributed by atoms with Crippen molar-refractivity contribution in [3.05, 3.63) is 24.0 Å². The molecular formula is C13H17FN2O2. The van der Waals surface area contributed by atoms with Gasteiger partial charge in [0.05, 0.1) is 5.69 Å². The zero-order valence-corrected chi connectivity index (χ0v) is 10.9. The first-order chi connectivity index (χ1) is 8.20. The summed E-state index contributed by atoms with van der Waals surface area (Å²) in [6, 6.07) is 4.04. The van der Waals surface area contributed by atoms with Crippen LogP contribution >= 0.6 is 0 Å². The molecule has 18 heavy (non-hydrogen) atoms. The lowest BCUT2D eigenvalue weighted by atomic mass is 9.95. The van der Waals surface area contributed by atoms with Crippen molar-refractivity contribution in [3.63, 3.8) is 0 Å². The van der Waals surface area contributed by atoms with Gasteiger partial charge in [0.25, 0.3) is 0 Å². The van der Waals surface area contributed by atoms with E-state index < -0.39 is 11.2 Å². The van der Waals surface area contributed by atoms with Crippen LogP contribution in [0, 0.1) is 11.2 Å². The normalized spacial score (nSPS) is 10.9. The van der Waals surface area contributed by atoms with Crippen LogP contribution in [0.1, 0.15) is 27.7 Å². The fourth-order valence-corrected chi connectivity index (χ4v) is 1.21. The molecule has 4 nitrogen and oxygen atoms in total. The lowest BCUT2D eigenvalue weighted by Crippen LogP contribution is -2.27. The van der Waals surface area contributed by atoms with Crippen LogP contribution in [0.15, 0.2) is 18.2 Å². The molecule has 0 saturated heterocycles. The van der Waals surface area contributed by atoms with Gasteiger partial charge < -0.3 is 10.6 Å². The first-order valence-corrected chi connectivity index (χ1v) is 5.59. The Bertz CT molecular complexity index is 478. The molecule has 2 N–H and O–H groups in total. The maximum absolute atomic E-state index is 13.4. The van der Waals surface area contributed by atoms with Crippen molar-refractivity contribution < 1.29 is 14.0 Å². The van der Waals surface area contributed by atoms with Crippen molar-refractivity contribution in [2.45, 2.75) is 27.7 Å². The van der Waals surface area contributed by atoms with Crippen LogP contribution < -0.4 is 10.6 Å². The van der Waals surface area contributed by atoms with E-state index in [4.69, 9.17) is 0 Å². The van der Waals surface area contributed by atoms with Crippen LogP contribution in [0.4, 0.5) is 15.8 Å². The van der Waals surface area contributed by atoms with Gasteiger partial charge in [-0.2, -0.15) is 0 Å². The Morgan fingerprint density at radius 3 is 2.28 bits per heavy atom. The van der Waals surface area contributed by atoms with E-state index in [2.05, 4.69) is 10.6 Å². The minimum atomic E-state index is -0.543. The van der Waals surface area contributed by atoms with E-state index in [1.165, 1.54) is 25.1 Å². The fraction of sp³-hybridized carbons (Fsp3) is 0.385. The highest BCUT2D eigenvalue weighted by molar-refractivity contribution is 5.96. The summed E-state index contributed by atoms with van der Waals surface area (Å²) in [5, 5.41) is 5.03. The Morgan fingerprint density at radius 1 is 1.17 bits per heavy atom. The summed E-state index contributed by atoms with van der Waals surface area (Å²) in [6.07, 6.45) is 0. The van der Waals surface area contributed by atoms with Crippen LogP contribution in [0.25, 0.3) is 0 Å². The number of nitrogens with one attached hydrogen (secondary N) is 2. The molecule has 0 aliphatic carbocycles. The van der Waals surface area contributed by atoms with Crippen molar-refractivity contribution >= 4 is 23.2 Å². The third-order valence-electron chi connectivity index (χ3n) is 2.22. The van der Waals surface area contributed by atoms with Gasteiger partial charge >= 0.3 is 0 Å². The summed E-state index contributed by atoms with van der Waals surface area (Å²) in [7, 11) is 0. The van der Waals surface area contributed by atoms with E-state index in [0.717, 1.165) is 0 Å². The largest absolute Gasteiger partial charge is 0.326 e. The van der Waals surface area contributed by atoms with Gasteiger partial charge in [0.15, 0.2) is 0 Å². The average molecular weight is 252 g/mol. The molecule has 0 heterocycles. The summed E-state index contributed by atoms with van der Waals surface area (Å²) in [6.45, 7) is 6.63. The SMILES string of the molecule is CC(=O)Nc1cc(NC(=O)C(C)(C)C)ccc1F. The van der Waals surface area contributed by atoms with Crippen molar-refractivity contribution in [1.82, 2.24) is 0 Å². The number of hydrogen-bond donors (Lipinski definition) is 2. The summed E-state index contributed by atoms with van der Waals surface area (Å²) in [4.78, 5) is 22.7. The van der Waals surface area contributed by atoms with Gasteiger partial charge in [-0.05, 0) is 18.2 Å².